The summed E-state index contributed by atoms with van der Waals surface area (Å²) in [6.07, 6.45) is 0. The van der Waals surface area contributed by atoms with Crippen molar-refractivity contribution in [1.29, 1.82) is 0 Å². The summed E-state index contributed by atoms with van der Waals surface area (Å²) in [5.41, 5.74) is -0.300. The lowest BCUT2D eigenvalue weighted by Gasteiger charge is -2.24. The van der Waals surface area contributed by atoms with E-state index in [1.54, 1.807) is 45.0 Å². The van der Waals surface area contributed by atoms with Crippen molar-refractivity contribution in [2.75, 3.05) is 39.4 Å². The van der Waals surface area contributed by atoms with Gasteiger partial charge in [-0.3, -0.25) is 18.7 Å². The van der Waals surface area contributed by atoms with Crippen LogP contribution in [0.5, 0.6) is 0 Å². The van der Waals surface area contributed by atoms with Gasteiger partial charge in [0.25, 0.3) is 5.56 Å². The molecule has 1 aliphatic rings. The molecule has 0 unspecified atom stereocenters. The number of aromatic nitrogens is 2. The number of morpholine rings is 1. The summed E-state index contributed by atoms with van der Waals surface area (Å²) in [7, 11) is 0. The summed E-state index contributed by atoms with van der Waals surface area (Å²) in [6, 6.07) is 5.92. The maximum absolute atomic E-state index is 13.0. The fourth-order valence-electron chi connectivity index (χ4n) is 3.67. The van der Waals surface area contributed by atoms with E-state index in [1.807, 2.05) is 0 Å². The van der Waals surface area contributed by atoms with Gasteiger partial charge in [-0.2, -0.15) is 0 Å². The number of quaternary nitrogens is 1. The SMILES string of the molecule is CC(C)n1c(=O)c2ccccc2n([C@@H](C)C(=O)NCC[NH+]2CCOCC2)c1=O. The Morgan fingerprint density at radius 1 is 1.14 bits per heavy atom. The minimum atomic E-state index is -0.720. The fraction of sp³-hybridized carbons (Fsp3) is 0.550. The van der Waals surface area contributed by atoms with Gasteiger partial charge < -0.3 is 15.0 Å². The van der Waals surface area contributed by atoms with Crippen LogP contribution < -0.4 is 21.5 Å². The summed E-state index contributed by atoms with van der Waals surface area (Å²) in [5.74, 6) is -0.228. The zero-order valence-electron chi connectivity index (χ0n) is 16.7. The van der Waals surface area contributed by atoms with Crippen molar-refractivity contribution in [3.8, 4) is 0 Å². The normalized spacial score (nSPS) is 16.4. The van der Waals surface area contributed by atoms with Crippen LogP contribution in [0.1, 0.15) is 32.9 Å². The molecule has 0 aliphatic carbocycles. The molecule has 0 saturated carbocycles. The maximum atomic E-state index is 13.0. The molecule has 28 heavy (non-hydrogen) atoms. The van der Waals surface area contributed by atoms with E-state index in [4.69, 9.17) is 4.74 Å². The molecule has 2 heterocycles. The second kappa shape index (κ2) is 8.70. The Kier molecular flexibility index (Phi) is 6.31. The summed E-state index contributed by atoms with van der Waals surface area (Å²) in [4.78, 5) is 39.9. The Hall–Kier alpha value is -2.45. The number of amides is 1. The van der Waals surface area contributed by atoms with Crippen molar-refractivity contribution >= 4 is 16.8 Å². The lowest BCUT2D eigenvalue weighted by Crippen LogP contribution is -3.14. The van der Waals surface area contributed by atoms with Crippen LogP contribution in [0.4, 0.5) is 0 Å². The number of fused-ring (bicyclic) bond motifs is 1. The van der Waals surface area contributed by atoms with Gasteiger partial charge in [-0.15, -0.1) is 0 Å². The first-order valence-corrected chi connectivity index (χ1v) is 9.86. The Morgan fingerprint density at radius 2 is 1.82 bits per heavy atom. The number of para-hydroxylation sites is 1. The van der Waals surface area contributed by atoms with Crippen LogP contribution in [0, 0.1) is 0 Å². The molecule has 2 aromatic rings. The largest absolute Gasteiger partial charge is 0.370 e. The zero-order valence-corrected chi connectivity index (χ0v) is 16.7. The van der Waals surface area contributed by atoms with Crippen molar-refractivity contribution in [3.05, 3.63) is 45.1 Å². The Bertz CT molecular complexity index is 957. The van der Waals surface area contributed by atoms with E-state index in [0.29, 0.717) is 17.4 Å². The highest BCUT2D eigenvalue weighted by molar-refractivity contribution is 5.84. The van der Waals surface area contributed by atoms with E-state index < -0.39 is 11.7 Å². The molecular weight excluding hydrogens is 360 g/mol. The maximum Gasteiger partial charge on any atom is 0.332 e. The molecule has 0 bridgehead atoms. The number of rotatable bonds is 6. The summed E-state index contributed by atoms with van der Waals surface area (Å²) in [6.45, 7) is 10.0. The molecule has 1 amide bonds. The summed E-state index contributed by atoms with van der Waals surface area (Å²) >= 11 is 0. The predicted octanol–water partition coefficient (Wildman–Crippen LogP) is -0.664. The Morgan fingerprint density at radius 3 is 2.50 bits per heavy atom. The molecule has 152 valence electrons. The second-order valence-electron chi connectivity index (χ2n) is 7.52. The first-order chi connectivity index (χ1) is 13.4. The summed E-state index contributed by atoms with van der Waals surface area (Å²) < 4.78 is 7.98. The third-order valence-corrected chi connectivity index (χ3v) is 5.29. The van der Waals surface area contributed by atoms with Gasteiger partial charge in [-0.25, -0.2) is 4.79 Å². The highest BCUT2D eigenvalue weighted by Gasteiger charge is 2.23. The van der Waals surface area contributed by atoms with Crippen LogP contribution in [-0.4, -0.2) is 54.4 Å². The lowest BCUT2D eigenvalue weighted by atomic mass is 10.2. The number of benzene rings is 1. The van der Waals surface area contributed by atoms with E-state index in [-0.39, 0.29) is 17.5 Å². The molecule has 3 rings (SSSR count). The molecule has 8 nitrogen and oxygen atoms in total. The standard InChI is InChI=1S/C20H28N4O4/c1-14(2)23-19(26)16-6-4-5-7-17(16)24(20(23)27)15(3)18(25)21-8-9-22-10-12-28-13-11-22/h4-7,14-15H,8-13H2,1-3H3,(H,21,25)/p+1/t15-/m0/s1. The number of carbonyl (C=O) groups excluding carboxylic acids is 1. The molecular formula is C20H29N4O4+. The molecule has 1 aromatic carbocycles. The van der Waals surface area contributed by atoms with E-state index in [1.165, 1.54) is 14.0 Å². The number of nitrogens with zero attached hydrogens (tertiary/aromatic N) is 2. The number of hydrogen-bond donors (Lipinski definition) is 2. The van der Waals surface area contributed by atoms with Crippen LogP contribution >= 0.6 is 0 Å². The first-order valence-electron chi connectivity index (χ1n) is 9.86. The number of hydrogen-bond acceptors (Lipinski definition) is 4. The average Bonchev–Trinajstić information content (AvgIpc) is 2.68. The van der Waals surface area contributed by atoms with Crippen molar-refractivity contribution in [2.45, 2.75) is 32.9 Å². The minimum Gasteiger partial charge on any atom is -0.370 e. The van der Waals surface area contributed by atoms with E-state index >= 15 is 0 Å². The van der Waals surface area contributed by atoms with Gasteiger partial charge in [0.1, 0.15) is 19.1 Å². The molecule has 1 fully saturated rings. The van der Waals surface area contributed by atoms with Crippen LogP contribution in [0.2, 0.25) is 0 Å². The number of carbonyl (C=O) groups is 1. The van der Waals surface area contributed by atoms with E-state index in [2.05, 4.69) is 5.32 Å². The quantitative estimate of drug-likeness (QED) is 0.687. The highest BCUT2D eigenvalue weighted by Crippen LogP contribution is 2.14. The number of nitrogens with one attached hydrogen (secondary N) is 2. The van der Waals surface area contributed by atoms with Gasteiger partial charge in [-0.1, -0.05) is 12.1 Å². The van der Waals surface area contributed by atoms with Gasteiger partial charge in [0.2, 0.25) is 5.91 Å². The van der Waals surface area contributed by atoms with Gasteiger partial charge in [0.15, 0.2) is 0 Å². The predicted molar refractivity (Wildman–Crippen MR) is 107 cm³/mol. The van der Waals surface area contributed by atoms with E-state index in [9.17, 15) is 14.4 Å². The highest BCUT2D eigenvalue weighted by atomic mass is 16.5. The van der Waals surface area contributed by atoms with E-state index in [0.717, 1.165) is 32.8 Å². The van der Waals surface area contributed by atoms with Crippen LogP contribution in [0.3, 0.4) is 0 Å². The molecule has 1 saturated heterocycles. The molecule has 0 spiro atoms. The van der Waals surface area contributed by atoms with Gasteiger partial charge >= 0.3 is 5.69 Å². The molecule has 1 aromatic heterocycles. The van der Waals surface area contributed by atoms with Crippen molar-refractivity contribution in [2.24, 2.45) is 0 Å². The topological polar surface area (TPSA) is 86.8 Å². The zero-order chi connectivity index (χ0) is 20.3. The average molecular weight is 389 g/mol. The fourth-order valence-corrected chi connectivity index (χ4v) is 3.67. The molecule has 8 heteroatoms. The molecule has 1 atom stereocenters. The molecule has 2 N–H and O–H groups in total. The molecule has 0 radical (unpaired) electrons. The van der Waals surface area contributed by atoms with Crippen molar-refractivity contribution in [1.82, 2.24) is 14.5 Å². The lowest BCUT2D eigenvalue weighted by molar-refractivity contribution is -0.906. The monoisotopic (exact) mass is 389 g/mol. The Balaban J connectivity index is 1.86. The van der Waals surface area contributed by atoms with Crippen LogP contribution in [0.25, 0.3) is 10.9 Å². The van der Waals surface area contributed by atoms with Gasteiger partial charge in [-0.05, 0) is 32.9 Å². The Labute approximate surface area is 163 Å². The third-order valence-electron chi connectivity index (χ3n) is 5.29. The summed E-state index contributed by atoms with van der Waals surface area (Å²) in [5, 5.41) is 3.37. The van der Waals surface area contributed by atoms with Crippen LogP contribution in [0.15, 0.2) is 33.9 Å². The third kappa shape index (κ3) is 4.02. The van der Waals surface area contributed by atoms with Crippen LogP contribution in [-0.2, 0) is 9.53 Å². The van der Waals surface area contributed by atoms with Crippen molar-refractivity contribution < 1.29 is 14.4 Å². The van der Waals surface area contributed by atoms with Gasteiger partial charge in [0, 0.05) is 6.04 Å². The second-order valence-corrected chi connectivity index (χ2v) is 7.52. The van der Waals surface area contributed by atoms with Crippen molar-refractivity contribution in [3.63, 3.8) is 0 Å². The molecule has 1 aliphatic heterocycles. The van der Waals surface area contributed by atoms with Gasteiger partial charge in [0.05, 0.1) is 37.2 Å². The smallest absolute Gasteiger partial charge is 0.332 e. The minimum absolute atomic E-state index is 0.228. The first kappa shape index (κ1) is 20.3. The number of ether oxygens (including phenoxy) is 1.